The van der Waals surface area contributed by atoms with Crippen LogP contribution in [0.15, 0.2) is 29.8 Å². The van der Waals surface area contributed by atoms with E-state index in [1.165, 1.54) is 4.90 Å². The Morgan fingerprint density at radius 2 is 1.74 bits per heavy atom. The number of benzene rings is 1. The number of rotatable bonds is 19. The number of thiol groups is 1. The molecule has 3 rings (SSSR count). The minimum atomic E-state index is -0.966. The number of nitrogens with zero attached hydrogens (tertiary/aromatic N) is 2. The lowest BCUT2D eigenvalue weighted by molar-refractivity contribution is -0.142. The number of aromatic nitrogens is 1. The van der Waals surface area contributed by atoms with Crippen molar-refractivity contribution >= 4 is 41.7 Å². The van der Waals surface area contributed by atoms with Crippen LogP contribution in [0.1, 0.15) is 95.9 Å². The van der Waals surface area contributed by atoms with Crippen molar-refractivity contribution in [2.24, 2.45) is 5.73 Å². The molecule has 46 heavy (non-hydrogen) atoms. The van der Waals surface area contributed by atoms with Crippen LogP contribution < -0.4 is 16.4 Å². The van der Waals surface area contributed by atoms with Crippen molar-refractivity contribution in [3.8, 4) is 10.4 Å². The number of nitrogens with two attached hydrogens (primary N) is 1. The van der Waals surface area contributed by atoms with Gasteiger partial charge in [-0.2, -0.15) is 12.6 Å². The highest BCUT2D eigenvalue weighted by Gasteiger charge is 2.45. The lowest BCUT2D eigenvalue weighted by Gasteiger charge is -2.35. The van der Waals surface area contributed by atoms with E-state index in [0.29, 0.717) is 13.0 Å². The molecule has 0 radical (unpaired) electrons. The normalized spacial score (nSPS) is 17.9. The van der Waals surface area contributed by atoms with Crippen LogP contribution in [0.3, 0.4) is 0 Å². The van der Waals surface area contributed by atoms with E-state index in [2.05, 4.69) is 28.2 Å². The Morgan fingerprint density at radius 1 is 1.09 bits per heavy atom. The summed E-state index contributed by atoms with van der Waals surface area (Å²) < 4.78 is 4.78. The van der Waals surface area contributed by atoms with Gasteiger partial charge in [0.05, 0.1) is 28.2 Å². The number of hydrogen-bond donors (Lipinski definition) is 5. The van der Waals surface area contributed by atoms with Crippen LogP contribution in [0.4, 0.5) is 0 Å². The van der Waals surface area contributed by atoms with E-state index in [1.807, 2.05) is 43.6 Å². The second kappa shape index (κ2) is 18.7. The zero-order valence-electron chi connectivity index (χ0n) is 27.8. The number of thiazole rings is 1. The second-order valence-corrected chi connectivity index (χ2v) is 14.8. The zero-order valence-corrected chi connectivity index (χ0v) is 29.5. The van der Waals surface area contributed by atoms with Gasteiger partial charge in [-0.3, -0.25) is 14.4 Å². The molecule has 0 spiro atoms. The molecule has 12 heteroatoms. The van der Waals surface area contributed by atoms with Crippen LogP contribution in [0, 0.1) is 6.92 Å². The van der Waals surface area contributed by atoms with Gasteiger partial charge in [0.2, 0.25) is 17.7 Å². The van der Waals surface area contributed by atoms with E-state index in [1.54, 1.807) is 25.2 Å². The van der Waals surface area contributed by atoms with Crippen LogP contribution in [0.25, 0.3) is 10.4 Å². The smallest absolute Gasteiger partial charge is 0.247 e. The number of ether oxygens (including phenoxy) is 1. The molecule has 3 amide bonds. The van der Waals surface area contributed by atoms with Crippen LogP contribution in [-0.4, -0.2) is 81.9 Å². The number of aliphatic hydroxyl groups is 1. The summed E-state index contributed by atoms with van der Waals surface area (Å²) in [6, 6.07) is 5.82. The molecular formula is C34H53N5O5S2. The molecule has 4 atom stereocenters. The van der Waals surface area contributed by atoms with Crippen LogP contribution in [0.2, 0.25) is 0 Å². The van der Waals surface area contributed by atoms with E-state index in [-0.39, 0.29) is 37.2 Å². The molecule has 1 fully saturated rings. The highest BCUT2D eigenvalue weighted by molar-refractivity contribution is 7.81. The van der Waals surface area contributed by atoms with Gasteiger partial charge in [-0.05, 0) is 71.0 Å². The maximum absolute atomic E-state index is 13.8. The number of likely N-dealkylation sites (tertiary alicyclic amines) is 1. The average molecular weight is 676 g/mol. The minimum absolute atomic E-state index is 0.0114. The molecule has 2 aromatic rings. The minimum Gasteiger partial charge on any atom is -0.391 e. The summed E-state index contributed by atoms with van der Waals surface area (Å²) in [5.74, 6) is -1.02. The van der Waals surface area contributed by atoms with Gasteiger partial charge in [0, 0.05) is 37.3 Å². The lowest BCUT2D eigenvalue weighted by atomic mass is 10.00. The molecule has 1 saturated heterocycles. The molecule has 256 valence electrons. The zero-order chi connectivity index (χ0) is 33.7. The Kier molecular flexibility index (Phi) is 15.4. The fourth-order valence-electron chi connectivity index (χ4n) is 5.61. The largest absolute Gasteiger partial charge is 0.391 e. The monoisotopic (exact) mass is 675 g/mol. The van der Waals surface area contributed by atoms with Gasteiger partial charge in [0.15, 0.2) is 0 Å². The Labute approximate surface area is 283 Å². The fourth-order valence-corrected chi connectivity index (χ4v) is 6.60. The number of carbonyl (C=O) groups excluding carboxylic acids is 3. The van der Waals surface area contributed by atoms with Crippen molar-refractivity contribution in [3.05, 3.63) is 41.0 Å². The number of aliphatic hydroxyl groups excluding tert-OH is 1. The predicted octanol–water partition coefficient (Wildman–Crippen LogP) is 4.55. The number of unbranched alkanes of at least 4 members (excludes halogenated alkanes) is 5. The number of carbonyl (C=O) groups is 3. The quantitative estimate of drug-likeness (QED) is 0.109. The third-order valence-electron chi connectivity index (χ3n) is 8.34. The molecule has 1 aliphatic rings. The molecule has 10 nitrogen and oxygen atoms in total. The van der Waals surface area contributed by atoms with E-state index >= 15 is 0 Å². The fraction of sp³-hybridized carbons (Fsp3) is 0.647. The van der Waals surface area contributed by atoms with Crippen molar-refractivity contribution in [2.75, 3.05) is 26.3 Å². The first-order valence-corrected chi connectivity index (χ1v) is 17.8. The van der Waals surface area contributed by atoms with Crippen LogP contribution in [0.5, 0.6) is 0 Å². The van der Waals surface area contributed by atoms with E-state index in [4.69, 9.17) is 10.5 Å². The Morgan fingerprint density at radius 3 is 2.35 bits per heavy atom. The van der Waals surface area contributed by atoms with Gasteiger partial charge >= 0.3 is 0 Å². The van der Waals surface area contributed by atoms with Crippen molar-refractivity contribution in [1.29, 1.82) is 0 Å². The van der Waals surface area contributed by atoms with Gasteiger partial charge in [0.1, 0.15) is 12.1 Å². The highest BCUT2D eigenvalue weighted by Crippen LogP contribution is 2.29. The van der Waals surface area contributed by atoms with E-state index in [0.717, 1.165) is 73.4 Å². The first-order chi connectivity index (χ1) is 21.9. The third kappa shape index (κ3) is 11.6. The predicted molar refractivity (Wildman–Crippen MR) is 187 cm³/mol. The maximum Gasteiger partial charge on any atom is 0.247 e. The Bertz CT molecular complexity index is 1250. The maximum atomic E-state index is 13.8. The number of aryl methyl sites for hydroxylation is 1. The summed E-state index contributed by atoms with van der Waals surface area (Å²) in [4.78, 5) is 47.0. The molecule has 0 aliphatic carbocycles. The van der Waals surface area contributed by atoms with Gasteiger partial charge in [0.25, 0.3) is 0 Å². The molecule has 5 N–H and O–H groups in total. The van der Waals surface area contributed by atoms with Gasteiger partial charge in [-0.15, -0.1) is 11.3 Å². The number of β-amino-alcohol motifs (C(OH)–C–C–N with tert-alkyl or cyclic N) is 1. The SMILES string of the molecule is Cc1ncsc1-c1ccc([C@H](C)NC(=O)[C@@H]2C[C@@H](O)CN2C(=O)[C@@H](NC(=O)CCCCCOCCCCCCN)C(C)(C)S)cc1. The summed E-state index contributed by atoms with van der Waals surface area (Å²) in [6.07, 6.45) is 6.30. The van der Waals surface area contributed by atoms with Gasteiger partial charge in [-0.1, -0.05) is 43.5 Å². The van der Waals surface area contributed by atoms with Gasteiger partial charge < -0.3 is 31.1 Å². The highest BCUT2D eigenvalue weighted by atomic mass is 32.1. The summed E-state index contributed by atoms with van der Waals surface area (Å²) >= 11 is 6.22. The molecule has 0 bridgehead atoms. The van der Waals surface area contributed by atoms with Crippen molar-refractivity contribution < 1.29 is 24.2 Å². The topological polar surface area (TPSA) is 147 Å². The Hall–Kier alpha value is -2.51. The summed E-state index contributed by atoms with van der Waals surface area (Å²) in [6.45, 7) is 9.54. The van der Waals surface area contributed by atoms with Crippen molar-refractivity contribution in [3.63, 3.8) is 0 Å². The first-order valence-electron chi connectivity index (χ1n) is 16.5. The van der Waals surface area contributed by atoms with Crippen LogP contribution >= 0.6 is 24.0 Å². The summed E-state index contributed by atoms with van der Waals surface area (Å²) in [5, 5.41) is 16.4. The molecule has 2 heterocycles. The van der Waals surface area contributed by atoms with Crippen molar-refractivity contribution in [2.45, 2.75) is 114 Å². The number of amides is 3. The number of hydrogen-bond acceptors (Lipinski definition) is 9. The summed E-state index contributed by atoms with van der Waals surface area (Å²) in [7, 11) is 0. The molecule has 0 unspecified atom stereocenters. The molecule has 1 aliphatic heterocycles. The molecule has 0 saturated carbocycles. The van der Waals surface area contributed by atoms with Gasteiger partial charge in [-0.25, -0.2) is 4.98 Å². The molecule has 1 aromatic carbocycles. The van der Waals surface area contributed by atoms with E-state index < -0.39 is 28.8 Å². The second-order valence-electron chi connectivity index (χ2n) is 12.8. The molecule has 1 aromatic heterocycles. The van der Waals surface area contributed by atoms with Crippen LogP contribution in [-0.2, 0) is 19.1 Å². The number of nitrogens with one attached hydrogen (secondary N) is 2. The lowest BCUT2D eigenvalue weighted by Crippen LogP contribution is -2.59. The van der Waals surface area contributed by atoms with E-state index in [9.17, 15) is 19.5 Å². The Balaban J connectivity index is 1.51. The summed E-state index contributed by atoms with van der Waals surface area (Å²) in [5.41, 5.74) is 10.3. The average Bonchev–Trinajstić information content (AvgIpc) is 3.63. The molecular weight excluding hydrogens is 623 g/mol. The third-order valence-corrected chi connectivity index (χ3v) is 9.57. The van der Waals surface area contributed by atoms with Crippen molar-refractivity contribution in [1.82, 2.24) is 20.5 Å². The standard InChI is InChI=1S/C34H53N5O5S2/c1-23(25-13-15-26(16-14-25)30-24(2)36-22-46-30)37-32(42)28-20-27(40)21-39(28)33(43)31(34(3,4)45)38-29(41)12-8-7-11-19-44-18-10-6-5-9-17-35/h13-16,22-23,27-28,31,40,45H,5-12,17-21,35H2,1-4H3,(H,37,42)(H,38,41)/t23-,27+,28-,31+/m0/s1. The first kappa shape index (κ1) is 37.9.